The van der Waals surface area contributed by atoms with Crippen molar-refractivity contribution >= 4 is 61.9 Å². The summed E-state index contributed by atoms with van der Waals surface area (Å²) in [6.07, 6.45) is 0. The highest BCUT2D eigenvalue weighted by Crippen LogP contribution is 2.27. The monoisotopic (exact) mass is 564 g/mol. The van der Waals surface area contributed by atoms with Crippen LogP contribution in [0.25, 0.3) is 15.9 Å². The minimum absolute atomic E-state index is 0.0892. The van der Waals surface area contributed by atoms with Crippen LogP contribution >= 0.6 is 34.7 Å². The molecule has 2 amide bonds. The highest BCUT2D eigenvalue weighted by atomic mass is 35.5. The van der Waals surface area contributed by atoms with E-state index in [1.54, 1.807) is 28.8 Å². The summed E-state index contributed by atoms with van der Waals surface area (Å²) in [5, 5.41) is 15.7. The number of fused-ring (bicyclic) bond motifs is 1. The van der Waals surface area contributed by atoms with Gasteiger partial charge in [-0.1, -0.05) is 71.1 Å². The fraction of sp³-hybridized carbons (Fsp3) is 0.115. The van der Waals surface area contributed by atoms with Gasteiger partial charge in [0, 0.05) is 5.02 Å². The molecule has 5 aromatic rings. The molecule has 0 unspecified atom stereocenters. The maximum atomic E-state index is 12.7. The van der Waals surface area contributed by atoms with Crippen molar-refractivity contribution in [1.29, 1.82) is 0 Å². The fourth-order valence-corrected chi connectivity index (χ4v) is 5.33. The van der Waals surface area contributed by atoms with Crippen molar-refractivity contribution in [2.24, 2.45) is 0 Å². The van der Waals surface area contributed by atoms with Gasteiger partial charge in [0.05, 0.1) is 28.2 Å². The first-order valence-electron chi connectivity index (χ1n) is 11.5. The summed E-state index contributed by atoms with van der Waals surface area (Å²) in [5.41, 5.74) is 1.54. The third-order valence-electron chi connectivity index (χ3n) is 5.20. The van der Waals surface area contributed by atoms with Crippen LogP contribution in [0.2, 0.25) is 5.02 Å². The third-order valence-corrected chi connectivity index (χ3v) is 7.31. The van der Waals surface area contributed by atoms with Crippen molar-refractivity contribution in [3.05, 3.63) is 89.7 Å². The average molecular weight is 565 g/mol. The van der Waals surface area contributed by atoms with E-state index in [9.17, 15) is 9.59 Å². The molecule has 2 heterocycles. The summed E-state index contributed by atoms with van der Waals surface area (Å²) in [4.78, 5) is 29.5. The number of thiazole rings is 1. The maximum absolute atomic E-state index is 12.7. The van der Waals surface area contributed by atoms with Gasteiger partial charge >= 0.3 is 0 Å². The Morgan fingerprint density at radius 3 is 2.61 bits per heavy atom. The van der Waals surface area contributed by atoms with Crippen LogP contribution < -0.4 is 15.4 Å². The van der Waals surface area contributed by atoms with E-state index in [1.807, 2.05) is 54.6 Å². The molecule has 0 fully saturated rings. The Bertz CT molecular complexity index is 1540. The van der Waals surface area contributed by atoms with Gasteiger partial charge in [-0.15, -0.1) is 10.2 Å². The van der Waals surface area contributed by atoms with Crippen molar-refractivity contribution < 1.29 is 14.3 Å². The Morgan fingerprint density at radius 2 is 1.79 bits per heavy atom. The van der Waals surface area contributed by atoms with Gasteiger partial charge in [-0.3, -0.25) is 14.2 Å². The number of amides is 2. The van der Waals surface area contributed by atoms with E-state index in [0.29, 0.717) is 32.6 Å². The van der Waals surface area contributed by atoms with E-state index in [4.69, 9.17) is 16.3 Å². The van der Waals surface area contributed by atoms with Crippen molar-refractivity contribution in [2.75, 3.05) is 17.7 Å². The number of carbonyl (C=O) groups is 2. The van der Waals surface area contributed by atoms with Crippen LogP contribution in [0.3, 0.4) is 0 Å². The number of rotatable bonds is 10. The van der Waals surface area contributed by atoms with Crippen molar-refractivity contribution in [1.82, 2.24) is 25.1 Å². The molecule has 0 spiro atoms. The number of halogens is 1. The standard InChI is InChI=1S/C26H21ClN6O3S2/c27-17-7-6-8-18(13-17)33-22(14-28-23(34)15-36-19-9-2-1-3-10-19)31-32-26(33)37-16-24(35)30-25-29-20-11-4-5-12-21(20)38-25/h1-13H,14-16H2,(H,28,34)(H,29,30,35). The molecule has 0 radical (unpaired) electrons. The lowest BCUT2D eigenvalue weighted by atomic mass is 10.3. The number of para-hydroxylation sites is 2. The first kappa shape index (κ1) is 25.7. The molecular weight excluding hydrogens is 544 g/mol. The molecule has 0 aliphatic rings. The molecule has 5 rings (SSSR count). The molecule has 0 saturated heterocycles. The second-order valence-electron chi connectivity index (χ2n) is 7.92. The zero-order valence-electron chi connectivity index (χ0n) is 19.8. The molecule has 0 saturated carbocycles. The Hall–Kier alpha value is -3.93. The summed E-state index contributed by atoms with van der Waals surface area (Å²) in [6, 6.07) is 24.0. The van der Waals surface area contributed by atoms with Gasteiger partial charge in [0.25, 0.3) is 5.91 Å². The van der Waals surface area contributed by atoms with E-state index >= 15 is 0 Å². The van der Waals surface area contributed by atoms with Crippen LogP contribution in [-0.2, 0) is 16.1 Å². The molecule has 2 N–H and O–H groups in total. The zero-order chi connectivity index (χ0) is 26.3. The van der Waals surface area contributed by atoms with E-state index < -0.39 is 0 Å². The topological polar surface area (TPSA) is 111 Å². The van der Waals surface area contributed by atoms with Crippen LogP contribution in [-0.4, -0.2) is 43.9 Å². The van der Waals surface area contributed by atoms with Crippen LogP contribution in [0.1, 0.15) is 5.82 Å². The average Bonchev–Trinajstić information content (AvgIpc) is 3.53. The van der Waals surface area contributed by atoms with Gasteiger partial charge in [0.1, 0.15) is 5.75 Å². The number of hydrogen-bond acceptors (Lipinski definition) is 8. The second-order valence-corrected chi connectivity index (χ2v) is 10.3. The summed E-state index contributed by atoms with van der Waals surface area (Å²) >= 11 is 8.86. The molecule has 3 aromatic carbocycles. The molecule has 0 aliphatic carbocycles. The van der Waals surface area contributed by atoms with E-state index in [0.717, 1.165) is 10.2 Å². The molecule has 0 aliphatic heterocycles. The van der Waals surface area contributed by atoms with E-state index in [2.05, 4.69) is 25.8 Å². The van der Waals surface area contributed by atoms with Gasteiger partial charge in [-0.25, -0.2) is 4.98 Å². The molecule has 38 heavy (non-hydrogen) atoms. The second kappa shape index (κ2) is 12.1. The number of thioether (sulfide) groups is 1. The van der Waals surface area contributed by atoms with Gasteiger partial charge in [-0.05, 0) is 42.5 Å². The maximum Gasteiger partial charge on any atom is 0.258 e. The predicted octanol–water partition coefficient (Wildman–Crippen LogP) is 4.96. The highest BCUT2D eigenvalue weighted by Gasteiger charge is 2.18. The first-order chi connectivity index (χ1) is 18.5. The van der Waals surface area contributed by atoms with Gasteiger partial charge in [0.2, 0.25) is 5.91 Å². The number of aromatic nitrogens is 4. The molecule has 192 valence electrons. The van der Waals surface area contributed by atoms with Crippen molar-refractivity contribution in [3.8, 4) is 11.4 Å². The Balaban J connectivity index is 1.25. The number of ether oxygens (including phenoxy) is 1. The van der Waals surface area contributed by atoms with Crippen molar-refractivity contribution in [2.45, 2.75) is 11.7 Å². The lowest BCUT2D eigenvalue weighted by Gasteiger charge is -2.11. The summed E-state index contributed by atoms with van der Waals surface area (Å²) < 4.78 is 8.26. The lowest BCUT2D eigenvalue weighted by Crippen LogP contribution is -2.29. The van der Waals surface area contributed by atoms with Gasteiger partial charge in [-0.2, -0.15) is 0 Å². The molecule has 12 heteroatoms. The minimum Gasteiger partial charge on any atom is -0.484 e. The zero-order valence-corrected chi connectivity index (χ0v) is 22.2. The van der Waals surface area contributed by atoms with E-state index in [1.165, 1.54) is 23.1 Å². The van der Waals surface area contributed by atoms with E-state index in [-0.39, 0.29) is 30.7 Å². The van der Waals surface area contributed by atoms with Crippen molar-refractivity contribution in [3.63, 3.8) is 0 Å². The highest BCUT2D eigenvalue weighted by molar-refractivity contribution is 7.99. The minimum atomic E-state index is -0.307. The SMILES string of the molecule is O=C(COc1ccccc1)NCc1nnc(SCC(=O)Nc2nc3ccccc3s2)n1-c1cccc(Cl)c1. The normalized spacial score (nSPS) is 10.9. The molecule has 9 nitrogen and oxygen atoms in total. The molecular formula is C26H21ClN6O3S2. The third kappa shape index (κ3) is 6.49. The number of nitrogens with one attached hydrogen (secondary N) is 2. The number of anilines is 1. The smallest absolute Gasteiger partial charge is 0.258 e. The van der Waals surface area contributed by atoms with Crippen LogP contribution in [0, 0.1) is 0 Å². The van der Waals surface area contributed by atoms with Gasteiger partial charge in [0.15, 0.2) is 22.7 Å². The van der Waals surface area contributed by atoms with Gasteiger partial charge < -0.3 is 15.4 Å². The predicted molar refractivity (Wildman–Crippen MR) is 149 cm³/mol. The van der Waals surface area contributed by atoms with Crippen LogP contribution in [0.4, 0.5) is 5.13 Å². The van der Waals surface area contributed by atoms with Crippen LogP contribution in [0.5, 0.6) is 5.75 Å². The quantitative estimate of drug-likeness (QED) is 0.231. The number of benzene rings is 3. The molecule has 0 bridgehead atoms. The summed E-state index contributed by atoms with van der Waals surface area (Å²) in [5.74, 6) is 0.648. The number of hydrogen-bond donors (Lipinski definition) is 2. The lowest BCUT2D eigenvalue weighted by molar-refractivity contribution is -0.123. The number of carbonyl (C=O) groups excluding carboxylic acids is 2. The summed E-state index contributed by atoms with van der Waals surface area (Å²) in [6.45, 7) is -0.0299. The molecule has 2 aromatic heterocycles. The Kier molecular flexibility index (Phi) is 8.17. The van der Waals surface area contributed by atoms with Crippen LogP contribution in [0.15, 0.2) is 84.0 Å². The summed E-state index contributed by atoms with van der Waals surface area (Å²) in [7, 11) is 0. The Labute approximate surface area is 231 Å². The fourth-order valence-electron chi connectivity index (χ4n) is 3.49. The first-order valence-corrected chi connectivity index (χ1v) is 13.7. The molecule has 0 atom stereocenters. The Morgan fingerprint density at radius 1 is 0.974 bits per heavy atom. The largest absolute Gasteiger partial charge is 0.484 e. The number of nitrogens with zero attached hydrogens (tertiary/aromatic N) is 4.